The molecule has 0 radical (unpaired) electrons. The van der Waals surface area contributed by atoms with Crippen LogP contribution in [0, 0.1) is 0 Å². The molecule has 0 spiro atoms. The van der Waals surface area contributed by atoms with Crippen LogP contribution in [0.2, 0.25) is 0 Å². The predicted octanol–water partition coefficient (Wildman–Crippen LogP) is 0.00520. The van der Waals surface area contributed by atoms with Gasteiger partial charge in [-0.05, 0) is 6.42 Å². The van der Waals surface area contributed by atoms with Crippen molar-refractivity contribution in [3.05, 3.63) is 0 Å². The quantitative estimate of drug-likeness (QED) is 0.670. The molecule has 0 aromatic rings. The fourth-order valence-electron chi connectivity index (χ4n) is 0.874. The van der Waals surface area contributed by atoms with E-state index >= 15 is 0 Å². The first kappa shape index (κ1) is 11.9. The topological polar surface area (TPSA) is 63.4 Å². The van der Waals surface area contributed by atoms with Crippen molar-refractivity contribution in [2.75, 3.05) is 19.8 Å². The third-order valence-corrected chi connectivity index (χ3v) is 3.60. The summed E-state index contributed by atoms with van der Waals surface area (Å²) in [7, 11) is -0.0676. The molecule has 0 amide bonds. The van der Waals surface area contributed by atoms with Crippen LogP contribution >= 0.6 is 0 Å². The SMILES string of the molecule is CCCC(N)CS(=O)(=O)N(C)C. The summed E-state index contributed by atoms with van der Waals surface area (Å²) in [5.74, 6) is 0.0494. The highest BCUT2D eigenvalue weighted by atomic mass is 32.2. The molecule has 0 saturated heterocycles. The Morgan fingerprint density at radius 1 is 1.42 bits per heavy atom. The van der Waals surface area contributed by atoms with Gasteiger partial charge in [-0.25, -0.2) is 12.7 Å². The molecular weight excluding hydrogens is 176 g/mol. The molecular formula is C7H18N2O2S. The molecule has 0 saturated carbocycles. The van der Waals surface area contributed by atoms with E-state index in [1.54, 1.807) is 0 Å². The lowest BCUT2D eigenvalue weighted by molar-refractivity contribution is 0.509. The van der Waals surface area contributed by atoms with E-state index in [2.05, 4.69) is 0 Å². The van der Waals surface area contributed by atoms with Gasteiger partial charge in [0.05, 0.1) is 5.75 Å². The molecule has 0 aliphatic rings. The van der Waals surface area contributed by atoms with Gasteiger partial charge in [0.25, 0.3) is 0 Å². The highest BCUT2D eigenvalue weighted by Crippen LogP contribution is 2.01. The molecule has 4 nitrogen and oxygen atoms in total. The van der Waals surface area contributed by atoms with Crippen molar-refractivity contribution in [2.45, 2.75) is 25.8 Å². The Kier molecular flexibility index (Phi) is 4.74. The van der Waals surface area contributed by atoms with E-state index in [-0.39, 0.29) is 11.8 Å². The molecule has 0 fully saturated rings. The van der Waals surface area contributed by atoms with Crippen LogP contribution < -0.4 is 5.73 Å². The van der Waals surface area contributed by atoms with Crippen LogP contribution in [0.4, 0.5) is 0 Å². The highest BCUT2D eigenvalue weighted by Gasteiger charge is 2.17. The Balaban J connectivity index is 4.07. The van der Waals surface area contributed by atoms with Gasteiger partial charge in [0, 0.05) is 20.1 Å². The fourth-order valence-corrected chi connectivity index (χ4v) is 1.88. The summed E-state index contributed by atoms with van der Waals surface area (Å²) in [5, 5.41) is 0. The molecule has 0 heterocycles. The Morgan fingerprint density at radius 3 is 2.25 bits per heavy atom. The second-order valence-corrected chi connectivity index (χ2v) is 5.34. The van der Waals surface area contributed by atoms with Gasteiger partial charge < -0.3 is 5.73 Å². The smallest absolute Gasteiger partial charge is 0.215 e. The number of nitrogens with zero attached hydrogens (tertiary/aromatic N) is 1. The molecule has 5 heteroatoms. The molecule has 74 valence electrons. The van der Waals surface area contributed by atoms with Gasteiger partial charge in [-0.1, -0.05) is 13.3 Å². The molecule has 1 atom stereocenters. The van der Waals surface area contributed by atoms with Crippen molar-refractivity contribution in [1.29, 1.82) is 0 Å². The van der Waals surface area contributed by atoms with Gasteiger partial charge >= 0.3 is 0 Å². The third-order valence-electron chi connectivity index (χ3n) is 1.64. The van der Waals surface area contributed by atoms with Crippen LogP contribution in [-0.4, -0.2) is 38.6 Å². The molecule has 0 aliphatic carbocycles. The van der Waals surface area contributed by atoms with Crippen molar-refractivity contribution in [1.82, 2.24) is 4.31 Å². The number of sulfonamides is 1. The minimum Gasteiger partial charge on any atom is -0.327 e. The summed E-state index contributed by atoms with van der Waals surface area (Å²) in [5.41, 5.74) is 5.60. The molecule has 12 heavy (non-hydrogen) atoms. The zero-order valence-corrected chi connectivity index (χ0v) is 8.76. The van der Waals surface area contributed by atoms with Crippen molar-refractivity contribution in [3.8, 4) is 0 Å². The number of hydrogen-bond donors (Lipinski definition) is 1. The molecule has 2 N–H and O–H groups in total. The Morgan fingerprint density at radius 2 is 1.92 bits per heavy atom. The number of nitrogens with two attached hydrogens (primary N) is 1. The number of rotatable bonds is 5. The Hall–Kier alpha value is -0.130. The Bertz CT molecular complexity index is 211. The third kappa shape index (κ3) is 4.04. The fraction of sp³-hybridized carbons (Fsp3) is 1.00. The zero-order chi connectivity index (χ0) is 9.78. The first-order valence-corrected chi connectivity index (χ1v) is 5.67. The van der Waals surface area contributed by atoms with E-state index in [1.807, 2.05) is 6.92 Å². The second-order valence-electron chi connectivity index (χ2n) is 3.11. The van der Waals surface area contributed by atoms with E-state index < -0.39 is 10.0 Å². The standard InChI is InChI=1S/C7H18N2O2S/c1-4-5-7(8)6-12(10,11)9(2)3/h7H,4-6,8H2,1-3H3. The van der Waals surface area contributed by atoms with E-state index in [4.69, 9.17) is 5.73 Å². The molecule has 1 unspecified atom stereocenters. The summed E-state index contributed by atoms with van der Waals surface area (Å²) in [6, 6.07) is -0.234. The van der Waals surface area contributed by atoms with Crippen LogP contribution in [0.25, 0.3) is 0 Å². The second kappa shape index (κ2) is 4.79. The molecule has 0 aromatic heterocycles. The summed E-state index contributed by atoms with van der Waals surface area (Å²) in [4.78, 5) is 0. The summed E-state index contributed by atoms with van der Waals surface area (Å²) >= 11 is 0. The van der Waals surface area contributed by atoms with Gasteiger partial charge in [0.1, 0.15) is 0 Å². The molecule has 0 aliphatic heterocycles. The maximum Gasteiger partial charge on any atom is 0.215 e. The minimum atomic E-state index is -3.11. The van der Waals surface area contributed by atoms with Crippen LogP contribution in [-0.2, 0) is 10.0 Å². The summed E-state index contributed by atoms with van der Waals surface area (Å²) in [6.07, 6.45) is 1.68. The summed E-state index contributed by atoms with van der Waals surface area (Å²) < 4.78 is 23.7. The van der Waals surface area contributed by atoms with Crippen molar-refractivity contribution < 1.29 is 8.42 Å². The van der Waals surface area contributed by atoms with Gasteiger partial charge in [-0.2, -0.15) is 0 Å². The average Bonchev–Trinajstić information content (AvgIpc) is 1.85. The molecule has 0 bridgehead atoms. The maximum absolute atomic E-state index is 11.3. The lowest BCUT2D eigenvalue weighted by Crippen LogP contribution is -2.35. The van der Waals surface area contributed by atoms with Gasteiger partial charge in [-0.3, -0.25) is 0 Å². The monoisotopic (exact) mass is 194 g/mol. The normalized spacial score (nSPS) is 15.1. The summed E-state index contributed by atoms with van der Waals surface area (Å²) in [6.45, 7) is 1.99. The largest absolute Gasteiger partial charge is 0.327 e. The minimum absolute atomic E-state index is 0.0494. The van der Waals surface area contributed by atoms with E-state index in [0.717, 1.165) is 12.8 Å². The van der Waals surface area contributed by atoms with E-state index in [9.17, 15) is 8.42 Å². The predicted molar refractivity (Wildman–Crippen MR) is 50.4 cm³/mol. The lowest BCUT2D eigenvalue weighted by atomic mass is 10.2. The lowest BCUT2D eigenvalue weighted by Gasteiger charge is -2.15. The Labute approximate surface area is 74.8 Å². The molecule has 0 aromatic carbocycles. The van der Waals surface area contributed by atoms with Crippen LogP contribution in [0.3, 0.4) is 0 Å². The van der Waals surface area contributed by atoms with Crippen LogP contribution in [0.1, 0.15) is 19.8 Å². The van der Waals surface area contributed by atoms with Gasteiger partial charge in [0.2, 0.25) is 10.0 Å². The van der Waals surface area contributed by atoms with Gasteiger partial charge in [0.15, 0.2) is 0 Å². The van der Waals surface area contributed by atoms with Crippen molar-refractivity contribution in [3.63, 3.8) is 0 Å². The van der Waals surface area contributed by atoms with Gasteiger partial charge in [-0.15, -0.1) is 0 Å². The van der Waals surface area contributed by atoms with E-state index in [1.165, 1.54) is 18.4 Å². The zero-order valence-electron chi connectivity index (χ0n) is 7.95. The first-order valence-electron chi connectivity index (χ1n) is 4.06. The first-order chi connectivity index (χ1) is 5.40. The maximum atomic E-state index is 11.3. The average molecular weight is 194 g/mol. The van der Waals surface area contributed by atoms with Crippen molar-refractivity contribution >= 4 is 10.0 Å². The van der Waals surface area contributed by atoms with Crippen LogP contribution in [0.5, 0.6) is 0 Å². The molecule has 0 rings (SSSR count). The highest BCUT2D eigenvalue weighted by molar-refractivity contribution is 7.89. The van der Waals surface area contributed by atoms with Crippen molar-refractivity contribution in [2.24, 2.45) is 5.73 Å². The number of hydrogen-bond acceptors (Lipinski definition) is 3. The van der Waals surface area contributed by atoms with Crippen LogP contribution in [0.15, 0.2) is 0 Å². The van der Waals surface area contributed by atoms with E-state index in [0.29, 0.717) is 0 Å².